The molecule has 0 heterocycles. The number of carbonyl (C=O) groups is 1. The van der Waals surface area contributed by atoms with Crippen molar-refractivity contribution in [1.29, 1.82) is 0 Å². The van der Waals surface area contributed by atoms with Gasteiger partial charge in [-0.1, -0.05) is 44.0 Å². The molecule has 0 aliphatic heterocycles. The Balaban J connectivity index is 3.22. The van der Waals surface area contributed by atoms with Gasteiger partial charge in [0.05, 0.1) is 4.83 Å². The van der Waals surface area contributed by atoms with Crippen molar-refractivity contribution in [3.8, 4) is 0 Å². The van der Waals surface area contributed by atoms with E-state index < -0.39 is 11.3 Å². The fourth-order valence-electron chi connectivity index (χ4n) is 1.35. The van der Waals surface area contributed by atoms with E-state index in [-0.39, 0.29) is 11.3 Å². The van der Waals surface area contributed by atoms with Gasteiger partial charge in [0.2, 0.25) is 0 Å². The second-order valence-electron chi connectivity index (χ2n) is 3.37. The first-order valence-electron chi connectivity index (χ1n) is 4.58. The molecule has 0 radical (unpaired) electrons. The molecule has 0 amide bonds. The monoisotopic (exact) mass is 354 g/mol. The van der Waals surface area contributed by atoms with Crippen molar-refractivity contribution >= 4 is 37.6 Å². The van der Waals surface area contributed by atoms with Crippen molar-refractivity contribution in [2.75, 3.05) is 0 Å². The minimum Gasteiger partial charge on any atom is -0.298 e. The Hall–Kier alpha value is -0.290. The van der Waals surface area contributed by atoms with Gasteiger partial charge in [0.1, 0.15) is 5.78 Å². The highest BCUT2D eigenvalue weighted by Gasteiger charge is 2.21. The summed E-state index contributed by atoms with van der Waals surface area (Å²) in [6.07, 6.45) is -2.58. The van der Waals surface area contributed by atoms with E-state index in [1.807, 2.05) is 0 Å². The molecule has 0 aromatic heterocycles. The van der Waals surface area contributed by atoms with Crippen LogP contribution in [-0.2, 0) is 10.1 Å². The summed E-state index contributed by atoms with van der Waals surface area (Å²) in [5.41, 5.74) is 1.02. The fraction of sp³-hybridized carbons (Fsp3) is 0.364. The second-order valence-corrected chi connectivity index (χ2v) is 4.85. The molecule has 5 heteroatoms. The molecule has 1 rings (SSSR count). The lowest BCUT2D eigenvalue weighted by atomic mass is 10.0. The summed E-state index contributed by atoms with van der Waals surface area (Å²) < 4.78 is 25.6. The lowest BCUT2D eigenvalue weighted by Gasteiger charge is -2.13. The van der Waals surface area contributed by atoms with E-state index >= 15 is 0 Å². The van der Waals surface area contributed by atoms with Gasteiger partial charge < -0.3 is 0 Å². The highest BCUT2D eigenvalue weighted by atomic mass is 79.9. The Bertz CT molecular complexity index is 394. The zero-order valence-electron chi connectivity index (χ0n) is 8.51. The number of alkyl halides is 4. The first kappa shape index (κ1) is 13.8. The molecule has 1 nitrogen and oxygen atoms in total. The third-order valence-electron chi connectivity index (χ3n) is 2.17. The number of benzene rings is 1. The van der Waals surface area contributed by atoms with E-state index in [0.717, 1.165) is 5.56 Å². The Kier molecular flexibility index (Phi) is 5.05. The molecule has 1 aromatic carbocycles. The van der Waals surface area contributed by atoms with Crippen molar-refractivity contribution in [1.82, 2.24) is 0 Å². The number of halogens is 4. The molecule has 0 fully saturated rings. The van der Waals surface area contributed by atoms with Crippen LogP contribution >= 0.6 is 31.9 Å². The average Bonchev–Trinajstić information content (AvgIpc) is 2.26. The molecule has 0 saturated heterocycles. The van der Waals surface area contributed by atoms with Crippen LogP contribution in [0.3, 0.4) is 0 Å². The maximum atomic E-state index is 12.8. The second kappa shape index (κ2) is 5.87. The molecule has 0 aliphatic carbocycles. The predicted molar refractivity (Wildman–Crippen MR) is 66.4 cm³/mol. The lowest BCUT2D eigenvalue weighted by molar-refractivity contribution is -0.116. The average molecular weight is 356 g/mol. The van der Waals surface area contributed by atoms with Crippen LogP contribution < -0.4 is 0 Å². The molecule has 0 spiro atoms. The van der Waals surface area contributed by atoms with Crippen LogP contribution in [0.2, 0.25) is 0 Å². The van der Waals surface area contributed by atoms with Crippen LogP contribution in [-0.4, -0.2) is 5.78 Å². The number of ketones is 1. The highest BCUT2D eigenvalue weighted by molar-refractivity contribution is 9.09. The predicted octanol–water partition coefficient (Wildman–Crippen LogP) is 4.54. The van der Waals surface area contributed by atoms with Crippen LogP contribution in [0.15, 0.2) is 18.2 Å². The summed E-state index contributed by atoms with van der Waals surface area (Å²) in [6.45, 7) is 1.37. The summed E-state index contributed by atoms with van der Waals surface area (Å²) in [4.78, 5) is 10.5. The number of hydrogen-bond acceptors (Lipinski definition) is 1. The summed E-state index contributed by atoms with van der Waals surface area (Å²) in [7, 11) is 0. The summed E-state index contributed by atoms with van der Waals surface area (Å²) in [5, 5.41) is 0.514. The highest BCUT2D eigenvalue weighted by Crippen LogP contribution is 2.33. The molecule has 1 atom stereocenters. The Morgan fingerprint density at radius 3 is 2.44 bits per heavy atom. The third-order valence-corrected chi connectivity index (χ3v) is 3.96. The van der Waals surface area contributed by atoms with Gasteiger partial charge in [0, 0.05) is 10.9 Å². The molecule has 0 bridgehead atoms. The van der Waals surface area contributed by atoms with Crippen LogP contribution in [0.1, 0.15) is 34.9 Å². The fourth-order valence-corrected chi connectivity index (χ4v) is 2.11. The summed E-state index contributed by atoms with van der Waals surface area (Å²) >= 11 is 6.33. The molecule has 88 valence electrons. The number of hydrogen-bond donors (Lipinski definition) is 0. The molecule has 1 unspecified atom stereocenters. The summed E-state index contributed by atoms with van der Waals surface area (Å²) in [5.74, 6) is -0.187. The molecule has 0 saturated carbocycles. The van der Waals surface area contributed by atoms with E-state index in [9.17, 15) is 13.6 Å². The van der Waals surface area contributed by atoms with Crippen molar-refractivity contribution < 1.29 is 13.6 Å². The minimum atomic E-state index is -2.58. The van der Waals surface area contributed by atoms with Crippen LogP contribution in [0.5, 0.6) is 0 Å². The molecule has 1 aromatic rings. The first-order valence-corrected chi connectivity index (χ1v) is 6.62. The zero-order valence-corrected chi connectivity index (χ0v) is 11.7. The van der Waals surface area contributed by atoms with Gasteiger partial charge in [-0.15, -0.1) is 0 Å². The molecular weight excluding hydrogens is 346 g/mol. The molecule has 16 heavy (non-hydrogen) atoms. The zero-order chi connectivity index (χ0) is 12.3. The van der Waals surface area contributed by atoms with Gasteiger partial charge in [-0.05, 0) is 24.1 Å². The van der Waals surface area contributed by atoms with Crippen molar-refractivity contribution in [3.63, 3.8) is 0 Å². The van der Waals surface area contributed by atoms with Crippen LogP contribution in [0, 0.1) is 0 Å². The summed E-state index contributed by atoms with van der Waals surface area (Å²) in [6, 6.07) is 4.72. The van der Waals surface area contributed by atoms with E-state index in [0.29, 0.717) is 10.9 Å². The van der Waals surface area contributed by atoms with Gasteiger partial charge in [0.15, 0.2) is 0 Å². The largest absolute Gasteiger partial charge is 0.298 e. The quantitative estimate of drug-likeness (QED) is 0.724. The van der Waals surface area contributed by atoms with Gasteiger partial charge in [-0.2, -0.15) is 0 Å². The van der Waals surface area contributed by atoms with E-state index in [2.05, 4.69) is 31.9 Å². The SMILES string of the molecule is CC(=O)C(Br)c1ccc(CBr)cc1C(F)F. The number of carbonyl (C=O) groups excluding carboxylic acids is 1. The van der Waals surface area contributed by atoms with Gasteiger partial charge in [-0.3, -0.25) is 4.79 Å². The Morgan fingerprint density at radius 2 is 2.00 bits per heavy atom. The van der Waals surface area contributed by atoms with Crippen molar-refractivity contribution in [2.24, 2.45) is 0 Å². The van der Waals surface area contributed by atoms with E-state index in [1.165, 1.54) is 13.0 Å². The Labute approximate surface area is 109 Å². The van der Waals surface area contributed by atoms with E-state index in [4.69, 9.17) is 0 Å². The van der Waals surface area contributed by atoms with Crippen molar-refractivity contribution in [2.45, 2.75) is 23.5 Å². The topological polar surface area (TPSA) is 17.1 Å². The molecule has 0 N–H and O–H groups in total. The normalized spacial score (nSPS) is 12.9. The van der Waals surface area contributed by atoms with Gasteiger partial charge in [0.25, 0.3) is 6.43 Å². The van der Waals surface area contributed by atoms with Gasteiger partial charge >= 0.3 is 0 Å². The maximum Gasteiger partial charge on any atom is 0.264 e. The van der Waals surface area contributed by atoms with Gasteiger partial charge in [-0.25, -0.2) is 8.78 Å². The van der Waals surface area contributed by atoms with Crippen LogP contribution in [0.4, 0.5) is 8.78 Å². The lowest BCUT2D eigenvalue weighted by Crippen LogP contribution is -2.05. The van der Waals surface area contributed by atoms with Crippen molar-refractivity contribution in [3.05, 3.63) is 34.9 Å². The van der Waals surface area contributed by atoms with E-state index in [1.54, 1.807) is 12.1 Å². The first-order chi connectivity index (χ1) is 7.47. The standard InChI is InChI=1S/C11H10Br2F2O/c1-6(16)10(13)8-3-2-7(5-12)4-9(8)11(14)15/h2-4,10-11H,5H2,1H3. The third kappa shape index (κ3) is 3.10. The number of rotatable bonds is 4. The smallest absolute Gasteiger partial charge is 0.264 e. The van der Waals surface area contributed by atoms with Crippen LogP contribution in [0.25, 0.3) is 0 Å². The molecular formula is C11H10Br2F2O. The molecule has 0 aliphatic rings. The Morgan fingerprint density at radius 1 is 1.38 bits per heavy atom. The maximum absolute atomic E-state index is 12.8. The number of Topliss-reactive ketones (excluding diaryl/α,β-unsaturated/α-hetero) is 1. The minimum absolute atomic E-state index is 0.0889.